The fourth-order valence-corrected chi connectivity index (χ4v) is 6.90. The first-order chi connectivity index (χ1) is 23.8. The Hall–Kier alpha value is -6.66. The van der Waals surface area contributed by atoms with Gasteiger partial charge in [0.05, 0.1) is 33.3 Å². The quantitative estimate of drug-likeness (QED) is 0.197. The van der Waals surface area contributed by atoms with Crippen molar-refractivity contribution in [1.82, 2.24) is 24.5 Å². The van der Waals surface area contributed by atoms with Crippen molar-refractivity contribution in [2.75, 3.05) is 0 Å². The second-order valence-electron chi connectivity index (χ2n) is 11.9. The van der Waals surface area contributed by atoms with Gasteiger partial charge in [-0.2, -0.15) is 4.98 Å². The summed E-state index contributed by atoms with van der Waals surface area (Å²) in [6.07, 6.45) is 0. The Labute approximate surface area is 274 Å². The van der Waals surface area contributed by atoms with Gasteiger partial charge in [-0.15, -0.1) is 0 Å². The third kappa shape index (κ3) is 4.06. The summed E-state index contributed by atoms with van der Waals surface area (Å²) in [7, 11) is 0. The van der Waals surface area contributed by atoms with Gasteiger partial charge in [0.25, 0.3) is 0 Å². The molecule has 0 saturated heterocycles. The molecule has 0 amide bonds. The van der Waals surface area contributed by atoms with Crippen LogP contribution in [0.1, 0.15) is 0 Å². The molecular weight excluding hydrogens is 590 g/mol. The SMILES string of the molecule is c1ccc(-c2nc(-c3nc(-c4ccc5c(c4)c4ccccc4n5-c4ccccc4)c4ccccc4n3)nc3oc4ccccc4c23)cc1. The summed E-state index contributed by atoms with van der Waals surface area (Å²) < 4.78 is 8.62. The van der Waals surface area contributed by atoms with Crippen molar-refractivity contribution in [2.45, 2.75) is 0 Å². The standard InChI is InChI=1S/C42H25N5O/c1-3-13-26(14-4-1)39-37-31-19-9-12-22-36(31)48-42(37)46-41(45-39)40-43-33-20-10-7-18-30(33)38(44-40)27-23-24-35-32(25-27)29-17-8-11-21-34(29)47(35)28-15-5-2-6-16-28/h1-25H. The lowest BCUT2D eigenvalue weighted by Gasteiger charge is -2.11. The Morgan fingerprint density at radius 3 is 1.94 bits per heavy atom. The van der Waals surface area contributed by atoms with E-state index in [9.17, 15) is 0 Å². The van der Waals surface area contributed by atoms with E-state index in [1.54, 1.807) is 0 Å². The monoisotopic (exact) mass is 615 g/mol. The molecule has 10 aromatic rings. The van der Waals surface area contributed by atoms with Crippen LogP contribution in [0.25, 0.3) is 94.6 Å². The molecule has 4 heterocycles. The highest BCUT2D eigenvalue weighted by molar-refractivity contribution is 6.12. The Bertz CT molecular complexity index is 2840. The van der Waals surface area contributed by atoms with Crippen LogP contribution in [0.2, 0.25) is 0 Å². The van der Waals surface area contributed by atoms with E-state index >= 15 is 0 Å². The van der Waals surface area contributed by atoms with Crippen LogP contribution in [-0.2, 0) is 0 Å². The second-order valence-corrected chi connectivity index (χ2v) is 11.9. The van der Waals surface area contributed by atoms with Crippen molar-refractivity contribution >= 4 is 54.8 Å². The first-order valence-electron chi connectivity index (χ1n) is 15.9. The van der Waals surface area contributed by atoms with Gasteiger partial charge < -0.3 is 8.98 Å². The number of benzene rings is 6. The first kappa shape index (κ1) is 26.5. The number of nitrogens with zero attached hydrogens (tertiary/aromatic N) is 5. The molecule has 0 aliphatic rings. The van der Waals surface area contributed by atoms with Gasteiger partial charge in [-0.05, 0) is 42.5 Å². The topological polar surface area (TPSA) is 69.6 Å². The molecule has 0 spiro atoms. The molecule has 4 aromatic heterocycles. The van der Waals surface area contributed by atoms with Gasteiger partial charge in [0.2, 0.25) is 11.5 Å². The van der Waals surface area contributed by atoms with E-state index in [0.717, 1.165) is 71.9 Å². The van der Waals surface area contributed by atoms with E-state index in [1.807, 2.05) is 66.7 Å². The predicted molar refractivity (Wildman–Crippen MR) is 193 cm³/mol. The molecule has 6 aromatic carbocycles. The fraction of sp³-hybridized carbons (Fsp3) is 0. The molecule has 0 aliphatic heterocycles. The smallest absolute Gasteiger partial charge is 0.231 e. The van der Waals surface area contributed by atoms with E-state index in [-0.39, 0.29) is 0 Å². The second kappa shape index (κ2) is 10.4. The molecule has 10 rings (SSSR count). The lowest BCUT2D eigenvalue weighted by molar-refractivity contribution is 0.653. The highest BCUT2D eigenvalue weighted by atomic mass is 16.3. The van der Waals surface area contributed by atoms with E-state index in [0.29, 0.717) is 17.4 Å². The number of furan rings is 1. The van der Waals surface area contributed by atoms with E-state index < -0.39 is 0 Å². The van der Waals surface area contributed by atoms with Crippen molar-refractivity contribution in [3.05, 3.63) is 152 Å². The summed E-state index contributed by atoms with van der Waals surface area (Å²) in [6, 6.07) is 51.9. The summed E-state index contributed by atoms with van der Waals surface area (Å²) in [5.41, 5.74) is 9.08. The Kier molecular flexibility index (Phi) is 5.77. The van der Waals surface area contributed by atoms with Gasteiger partial charge in [0.1, 0.15) is 5.58 Å². The summed E-state index contributed by atoms with van der Waals surface area (Å²) in [5, 5.41) is 5.15. The third-order valence-corrected chi connectivity index (χ3v) is 9.05. The molecule has 0 aliphatic carbocycles. The highest BCUT2D eigenvalue weighted by Gasteiger charge is 2.21. The van der Waals surface area contributed by atoms with Crippen LogP contribution < -0.4 is 0 Å². The van der Waals surface area contributed by atoms with Gasteiger partial charge in [0.15, 0.2) is 5.82 Å². The summed E-state index contributed by atoms with van der Waals surface area (Å²) in [5.74, 6) is 0.851. The van der Waals surface area contributed by atoms with Crippen LogP contribution in [0.3, 0.4) is 0 Å². The number of hydrogen-bond acceptors (Lipinski definition) is 5. The normalized spacial score (nSPS) is 11.8. The molecule has 0 unspecified atom stereocenters. The molecule has 6 heteroatoms. The zero-order valence-electron chi connectivity index (χ0n) is 25.6. The average molecular weight is 616 g/mol. The first-order valence-corrected chi connectivity index (χ1v) is 15.9. The highest BCUT2D eigenvalue weighted by Crippen LogP contribution is 2.38. The molecule has 48 heavy (non-hydrogen) atoms. The third-order valence-electron chi connectivity index (χ3n) is 9.05. The maximum Gasteiger partial charge on any atom is 0.231 e. The molecule has 0 atom stereocenters. The van der Waals surface area contributed by atoms with Crippen molar-refractivity contribution in [3.8, 4) is 39.9 Å². The Morgan fingerprint density at radius 1 is 0.438 bits per heavy atom. The largest absolute Gasteiger partial charge is 0.438 e. The van der Waals surface area contributed by atoms with Crippen molar-refractivity contribution in [2.24, 2.45) is 0 Å². The van der Waals surface area contributed by atoms with Gasteiger partial charge in [-0.25, -0.2) is 15.0 Å². The molecule has 6 nitrogen and oxygen atoms in total. The van der Waals surface area contributed by atoms with Crippen molar-refractivity contribution < 1.29 is 4.42 Å². The molecule has 0 radical (unpaired) electrons. The van der Waals surface area contributed by atoms with Crippen LogP contribution in [-0.4, -0.2) is 24.5 Å². The van der Waals surface area contributed by atoms with Crippen LogP contribution in [0.5, 0.6) is 0 Å². The maximum absolute atomic E-state index is 6.30. The maximum atomic E-state index is 6.30. The number of aromatic nitrogens is 5. The Morgan fingerprint density at radius 2 is 1.08 bits per heavy atom. The Balaban J connectivity index is 1.22. The van der Waals surface area contributed by atoms with Crippen LogP contribution >= 0.6 is 0 Å². The van der Waals surface area contributed by atoms with E-state index in [2.05, 4.69) is 89.5 Å². The zero-order chi connectivity index (χ0) is 31.6. The molecule has 0 saturated carbocycles. The lowest BCUT2D eigenvalue weighted by atomic mass is 10.0. The van der Waals surface area contributed by atoms with E-state index in [4.69, 9.17) is 24.4 Å². The van der Waals surface area contributed by atoms with Gasteiger partial charge in [-0.3, -0.25) is 0 Å². The minimum atomic E-state index is 0.411. The van der Waals surface area contributed by atoms with Gasteiger partial charge in [0, 0.05) is 38.4 Å². The molecule has 0 N–H and O–H groups in total. The fourth-order valence-electron chi connectivity index (χ4n) is 6.90. The van der Waals surface area contributed by atoms with Crippen molar-refractivity contribution in [3.63, 3.8) is 0 Å². The lowest BCUT2D eigenvalue weighted by Crippen LogP contribution is -2.00. The number of para-hydroxylation sites is 4. The molecule has 224 valence electrons. The number of hydrogen-bond donors (Lipinski definition) is 0. The summed E-state index contributed by atoms with van der Waals surface area (Å²) in [4.78, 5) is 20.3. The van der Waals surface area contributed by atoms with Crippen LogP contribution in [0, 0.1) is 0 Å². The zero-order valence-corrected chi connectivity index (χ0v) is 25.6. The summed E-state index contributed by atoms with van der Waals surface area (Å²) in [6.45, 7) is 0. The van der Waals surface area contributed by atoms with E-state index in [1.165, 1.54) is 5.39 Å². The van der Waals surface area contributed by atoms with Crippen LogP contribution in [0.15, 0.2) is 156 Å². The molecule has 0 fully saturated rings. The van der Waals surface area contributed by atoms with Crippen LogP contribution in [0.4, 0.5) is 0 Å². The average Bonchev–Trinajstić information content (AvgIpc) is 3.70. The minimum absolute atomic E-state index is 0.411. The molecule has 0 bridgehead atoms. The summed E-state index contributed by atoms with van der Waals surface area (Å²) >= 11 is 0. The van der Waals surface area contributed by atoms with Crippen molar-refractivity contribution in [1.29, 1.82) is 0 Å². The van der Waals surface area contributed by atoms with Gasteiger partial charge in [-0.1, -0.05) is 109 Å². The minimum Gasteiger partial charge on any atom is -0.438 e. The number of rotatable bonds is 4. The van der Waals surface area contributed by atoms with Gasteiger partial charge >= 0.3 is 0 Å². The predicted octanol–water partition coefficient (Wildman–Crippen LogP) is 10.4. The number of fused-ring (bicyclic) bond motifs is 7. The molecular formula is C42H25N5O.